The molecule has 0 aromatic carbocycles. The fourth-order valence-electron chi connectivity index (χ4n) is 1.35. The Kier molecular flexibility index (Phi) is 12.9. The molecule has 0 aromatic heterocycles. The first kappa shape index (κ1) is 18.5. The molecule has 0 saturated carbocycles. The molecule has 0 rings (SSSR count). The van der Waals surface area contributed by atoms with E-state index < -0.39 is 12.3 Å². The van der Waals surface area contributed by atoms with Crippen LogP contribution in [0.4, 0.5) is 9.59 Å². The maximum Gasteiger partial charge on any atom is 0.508 e. The molecule has 6 nitrogen and oxygen atoms in total. The maximum atomic E-state index is 11.1. The molecule has 0 aliphatic carbocycles. The van der Waals surface area contributed by atoms with Gasteiger partial charge >= 0.3 is 12.3 Å². The number of hydrogen-bond donors (Lipinski definition) is 0. The third kappa shape index (κ3) is 13.0. The highest BCUT2D eigenvalue weighted by molar-refractivity contribution is 5.60. The summed E-state index contributed by atoms with van der Waals surface area (Å²) in [6.07, 6.45) is 4.33. The van der Waals surface area contributed by atoms with Gasteiger partial charge in [-0.2, -0.15) is 0 Å². The van der Waals surface area contributed by atoms with Crippen molar-refractivity contribution in [3.63, 3.8) is 0 Å². The Morgan fingerprint density at radius 3 is 1.30 bits per heavy atom. The summed E-state index contributed by atoms with van der Waals surface area (Å²) in [5, 5.41) is 0. The molecule has 0 radical (unpaired) electrons. The molecule has 0 heterocycles. The first-order valence-electron chi connectivity index (χ1n) is 7.29. The Bertz CT molecular complexity index is 228. The number of carbonyl (C=O) groups is 2. The van der Waals surface area contributed by atoms with E-state index in [1.807, 2.05) is 0 Å². The first-order valence-corrected chi connectivity index (χ1v) is 7.29. The Labute approximate surface area is 120 Å². The highest BCUT2D eigenvalue weighted by atomic mass is 16.7. The van der Waals surface area contributed by atoms with Crippen molar-refractivity contribution in [2.24, 2.45) is 0 Å². The Balaban J connectivity index is 3.32. The normalized spacial score (nSPS) is 9.90. The number of hydrogen-bond acceptors (Lipinski definition) is 6. The van der Waals surface area contributed by atoms with Crippen molar-refractivity contribution >= 4 is 12.3 Å². The zero-order valence-corrected chi connectivity index (χ0v) is 12.5. The summed E-state index contributed by atoms with van der Waals surface area (Å²) < 4.78 is 19.1. The highest BCUT2D eigenvalue weighted by Crippen LogP contribution is 1.97. The molecule has 0 fully saturated rings. The molecule has 0 aliphatic heterocycles. The molecule has 0 aliphatic rings. The van der Waals surface area contributed by atoms with Crippen molar-refractivity contribution in [2.75, 3.05) is 26.4 Å². The molecule has 20 heavy (non-hydrogen) atoms. The van der Waals surface area contributed by atoms with Crippen LogP contribution in [0, 0.1) is 0 Å². The molecule has 0 N–H and O–H groups in total. The summed E-state index contributed by atoms with van der Waals surface area (Å²) in [5.41, 5.74) is 0. The van der Waals surface area contributed by atoms with Crippen molar-refractivity contribution in [3.8, 4) is 0 Å². The Morgan fingerprint density at radius 2 is 0.950 bits per heavy atom. The van der Waals surface area contributed by atoms with Gasteiger partial charge in [-0.25, -0.2) is 9.59 Å². The molecule has 0 atom stereocenters. The summed E-state index contributed by atoms with van der Waals surface area (Å²) in [4.78, 5) is 22.2. The fourth-order valence-corrected chi connectivity index (χ4v) is 1.35. The monoisotopic (exact) mass is 290 g/mol. The molecular formula is C14H26O6. The summed E-state index contributed by atoms with van der Waals surface area (Å²) in [7, 11) is 0. The van der Waals surface area contributed by atoms with Crippen molar-refractivity contribution in [3.05, 3.63) is 0 Å². The average molecular weight is 290 g/mol. The quantitative estimate of drug-likeness (QED) is 0.427. The molecule has 0 spiro atoms. The van der Waals surface area contributed by atoms with Gasteiger partial charge in [0.15, 0.2) is 0 Å². The Morgan fingerprint density at radius 1 is 0.600 bits per heavy atom. The van der Waals surface area contributed by atoms with Gasteiger partial charge in [0, 0.05) is 0 Å². The van der Waals surface area contributed by atoms with E-state index in [0.717, 1.165) is 38.5 Å². The van der Waals surface area contributed by atoms with E-state index in [4.69, 9.17) is 18.9 Å². The first-order chi connectivity index (χ1) is 9.70. The molecule has 0 aromatic rings. The average Bonchev–Trinajstić information content (AvgIpc) is 2.44. The predicted octanol–water partition coefficient (Wildman–Crippen LogP) is 3.67. The zero-order chi connectivity index (χ0) is 15.1. The van der Waals surface area contributed by atoms with E-state index >= 15 is 0 Å². The summed E-state index contributed by atoms with van der Waals surface area (Å²) in [6.45, 7) is 4.78. The van der Waals surface area contributed by atoms with Crippen LogP contribution in [0.5, 0.6) is 0 Å². The standard InChI is InChI=1S/C14H26O6/c1-3-5-7-9-17-13(15)19-11-12-20-14(16)18-10-8-6-4-2/h3-12H2,1-2H3. The van der Waals surface area contributed by atoms with Crippen molar-refractivity contribution in [1.29, 1.82) is 0 Å². The SMILES string of the molecule is CCCCCOC(=O)OCCOC(=O)OCCCCC. The Hall–Kier alpha value is -1.46. The second-order valence-corrected chi connectivity index (χ2v) is 4.31. The van der Waals surface area contributed by atoms with Crippen LogP contribution in [0.1, 0.15) is 52.4 Å². The van der Waals surface area contributed by atoms with E-state index in [1.165, 1.54) is 0 Å². The van der Waals surface area contributed by atoms with Crippen molar-refractivity contribution in [2.45, 2.75) is 52.4 Å². The third-order valence-corrected chi connectivity index (χ3v) is 2.46. The third-order valence-electron chi connectivity index (χ3n) is 2.46. The van der Waals surface area contributed by atoms with Gasteiger partial charge in [-0.15, -0.1) is 0 Å². The molecule has 0 unspecified atom stereocenters. The second-order valence-electron chi connectivity index (χ2n) is 4.31. The minimum Gasteiger partial charge on any atom is -0.434 e. The smallest absolute Gasteiger partial charge is 0.434 e. The van der Waals surface area contributed by atoms with E-state index in [9.17, 15) is 9.59 Å². The van der Waals surface area contributed by atoms with E-state index in [2.05, 4.69) is 13.8 Å². The van der Waals surface area contributed by atoms with Gasteiger partial charge in [0.2, 0.25) is 0 Å². The zero-order valence-electron chi connectivity index (χ0n) is 12.5. The van der Waals surface area contributed by atoms with Crippen molar-refractivity contribution in [1.82, 2.24) is 0 Å². The lowest BCUT2D eigenvalue weighted by atomic mass is 10.3. The molecular weight excluding hydrogens is 264 g/mol. The molecule has 0 bridgehead atoms. The topological polar surface area (TPSA) is 71.1 Å². The van der Waals surface area contributed by atoms with Crippen LogP contribution in [0.2, 0.25) is 0 Å². The lowest BCUT2D eigenvalue weighted by Crippen LogP contribution is -2.16. The van der Waals surface area contributed by atoms with Gasteiger partial charge in [0.05, 0.1) is 13.2 Å². The fraction of sp³-hybridized carbons (Fsp3) is 0.857. The van der Waals surface area contributed by atoms with Crippen LogP contribution < -0.4 is 0 Å². The molecule has 0 amide bonds. The summed E-state index contributed by atoms with van der Waals surface area (Å²) in [5.74, 6) is 0. The van der Waals surface area contributed by atoms with Crippen LogP contribution >= 0.6 is 0 Å². The highest BCUT2D eigenvalue weighted by Gasteiger charge is 2.06. The van der Waals surface area contributed by atoms with Gasteiger partial charge in [-0.05, 0) is 12.8 Å². The number of unbranched alkanes of at least 4 members (excludes halogenated alkanes) is 4. The van der Waals surface area contributed by atoms with Crippen molar-refractivity contribution < 1.29 is 28.5 Å². The minimum atomic E-state index is -0.735. The van der Waals surface area contributed by atoms with Crippen LogP contribution in [0.3, 0.4) is 0 Å². The minimum absolute atomic E-state index is 0.0311. The second kappa shape index (κ2) is 14.0. The maximum absolute atomic E-state index is 11.1. The number of ether oxygens (including phenoxy) is 4. The lowest BCUT2D eigenvalue weighted by molar-refractivity contribution is 0.0176. The predicted molar refractivity (Wildman–Crippen MR) is 73.7 cm³/mol. The largest absolute Gasteiger partial charge is 0.508 e. The summed E-state index contributed by atoms with van der Waals surface area (Å²) >= 11 is 0. The van der Waals surface area contributed by atoms with Crippen LogP contribution in [0.25, 0.3) is 0 Å². The van der Waals surface area contributed by atoms with Gasteiger partial charge < -0.3 is 18.9 Å². The van der Waals surface area contributed by atoms with Gasteiger partial charge in [0.1, 0.15) is 13.2 Å². The van der Waals surface area contributed by atoms with E-state index in [-0.39, 0.29) is 13.2 Å². The summed E-state index contributed by atoms with van der Waals surface area (Å²) in [6, 6.07) is 0. The number of rotatable bonds is 11. The van der Waals surface area contributed by atoms with Crippen LogP contribution in [0.15, 0.2) is 0 Å². The molecule has 118 valence electrons. The van der Waals surface area contributed by atoms with Gasteiger partial charge in [-0.1, -0.05) is 39.5 Å². The van der Waals surface area contributed by atoms with E-state index in [1.54, 1.807) is 0 Å². The van der Waals surface area contributed by atoms with Gasteiger partial charge in [0.25, 0.3) is 0 Å². The molecule has 0 saturated heterocycles. The van der Waals surface area contributed by atoms with Crippen LogP contribution in [-0.4, -0.2) is 38.7 Å². The molecule has 6 heteroatoms. The van der Waals surface area contributed by atoms with Crippen LogP contribution in [-0.2, 0) is 18.9 Å². The van der Waals surface area contributed by atoms with E-state index in [0.29, 0.717) is 13.2 Å². The lowest BCUT2D eigenvalue weighted by Gasteiger charge is -2.07. The number of carbonyl (C=O) groups excluding carboxylic acids is 2. The van der Waals surface area contributed by atoms with Gasteiger partial charge in [-0.3, -0.25) is 0 Å².